The second kappa shape index (κ2) is 5.38. The number of nitrogens with one attached hydrogen (secondary N) is 2. The summed E-state index contributed by atoms with van der Waals surface area (Å²) in [5, 5.41) is 13.0. The van der Waals surface area contributed by atoms with Crippen LogP contribution in [0.15, 0.2) is 50.2 Å². The third-order valence-electron chi connectivity index (χ3n) is 3.38. The van der Waals surface area contributed by atoms with Gasteiger partial charge in [0.15, 0.2) is 0 Å². The molecule has 8 heteroatoms. The largest absolute Gasteiger partial charge is 0.385 e. The number of amides is 2. The van der Waals surface area contributed by atoms with Crippen molar-refractivity contribution in [3.05, 3.63) is 40.0 Å². The van der Waals surface area contributed by atoms with Gasteiger partial charge in [-0.2, -0.15) is 5.10 Å². The van der Waals surface area contributed by atoms with Gasteiger partial charge >= 0.3 is 0 Å². The number of hydrogen-bond acceptors (Lipinski definition) is 5. The fourth-order valence-corrected chi connectivity index (χ4v) is 2.61. The first kappa shape index (κ1) is 14.5. The van der Waals surface area contributed by atoms with Crippen LogP contribution in [0.4, 0.5) is 5.69 Å². The van der Waals surface area contributed by atoms with Crippen molar-refractivity contribution in [2.24, 2.45) is 21.9 Å². The van der Waals surface area contributed by atoms with Crippen molar-refractivity contribution in [3.63, 3.8) is 0 Å². The minimum atomic E-state index is -0.797. The van der Waals surface area contributed by atoms with Crippen LogP contribution in [0, 0.1) is 5.92 Å². The van der Waals surface area contributed by atoms with E-state index in [2.05, 4.69) is 36.8 Å². The molecule has 1 aromatic carbocycles. The number of anilines is 1. The van der Waals surface area contributed by atoms with Gasteiger partial charge in [-0.25, -0.2) is 0 Å². The Hall–Kier alpha value is -2.48. The summed E-state index contributed by atoms with van der Waals surface area (Å²) in [6.45, 7) is 1.64. The third-order valence-corrected chi connectivity index (χ3v) is 3.90. The minimum absolute atomic E-state index is 0.0916. The SMILES string of the molecule is CC1=C(C(=O)Nc2ccc(Br)cc2)C2=NN=C(N)C2C(=O)N1. The van der Waals surface area contributed by atoms with Gasteiger partial charge in [-0.1, -0.05) is 15.9 Å². The van der Waals surface area contributed by atoms with E-state index in [1.165, 1.54) is 0 Å². The second-order valence-corrected chi connectivity index (χ2v) is 5.81. The number of halogens is 1. The summed E-state index contributed by atoms with van der Waals surface area (Å²) in [5.74, 6) is -1.40. The van der Waals surface area contributed by atoms with Gasteiger partial charge in [0.25, 0.3) is 5.91 Å². The van der Waals surface area contributed by atoms with Gasteiger partial charge in [-0.3, -0.25) is 9.59 Å². The van der Waals surface area contributed by atoms with Gasteiger partial charge in [-0.15, -0.1) is 5.10 Å². The summed E-state index contributed by atoms with van der Waals surface area (Å²) < 4.78 is 0.909. The van der Waals surface area contributed by atoms with Crippen LogP contribution in [-0.2, 0) is 9.59 Å². The van der Waals surface area contributed by atoms with E-state index in [-0.39, 0.29) is 28.9 Å². The highest BCUT2D eigenvalue weighted by Crippen LogP contribution is 2.24. The van der Waals surface area contributed by atoms with E-state index in [1.54, 1.807) is 19.1 Å². The zero-order valence-electron chi connectivity index (χ0n) is 11.6. The molecule has 3 rings (SSSR count). The van der Waals surface area contributed by atoms with Gasteiger partial charge in [0, 0.05) is 15.9 Å². The molecule has 0 fully saturated rings. The maximum absolute atomic E-state index is 12.5. The molecule has 0 radical (unpaired) electrons. The quantitative estimate of drug-likeness (QED) is 0.734. The monoisotopic (exact) mass is 361 g/mol. The maximum atomic E-state index is 12.5. The fraction of sp³-hybridized carbons (Fsp3) is 0.143. The van der Waals surface area contributed by atoms with Crippen molar-refractivity contribution in [2.45, 2.75) is 6.92 Å². The van der Waals surface area contributed by atoms with E-state index in [0.717, 1.165) is 4.47 Å². The second-order valence-electron chi connectivity index (χ2n) is 4.89. The molecule has 0 saturated carbocycles. The number of carbonyl (C=O) groups is 2. The Balaban J connectivity index is 1.90. The normalized spacial score (nSPS) is 20.1. The van der Waals surface area contributed by atoms with Crippen LogP contribution in [0.2, 0.25) is 0 Å². The van der Waals surface area contributed by atoms with Gasteiger partial charge < -0.3 is 16.4 Å². The number of nitrogens with zero attached hydrogens (tertiary/aromatic N) is 2. The molecule has 4 N–H and O–H groups in total. The molecule has 0 aliphatic carbocycles. The van der Waals surface area contributed by atoms with Crippen LogP contribution < -0.4 is 16.4 Å². The molecule has 2 heterocycles. The van der Waals surface area contributed by atoms with Crippen LogP contribution in [0.3, 0.4) is 0 Å². The Kier molecular flexibility index (Phi) is 3.53. The molecule has 7 nitrogen and oxygen atoms in total. The molecular formula is C14H12BrN5O2. The molecule has 2 aliphatic rings. The molecule has 0 spiro atoms. The van der Waals surface area contributed by atoms with Crippen LogP contribution in [0.5, 0.6) is 0 Å². The lowest BCUT2D eigenvalue weighted by Gasteiger charge is -2.23. The standard InChI is InChI=1S/C14H12BrN5O2/c1-6-9(11-10(14(22)17-6)12(16)20-19-11)13(21)18-8-4-2-7(15)3-5-8/h2-5,10H,1H3,(H2,16,20)(H,17,22)(H,18,21). The summed E-state index contributed by atoms with van der Waals surface area (Å²) in [6.07, 6.45) is 0. The molecule has 0 saturated heterocycles. The van der Waals surface area contributed by atoms with E-state index < -0.39 is 5.92 Å². The van der Waals surface area contributed by atoms with E-state index in [4.69, 9.17) is 5.73 Å². The molecule has 112 valence electrons. The summed E-state index contributed by atoms with van der Waals surface area (Å²) in [5.41, 5.74) is 7.31. The molecule has 1 aromatic rings. The Labute approximate surface area is 134 Å². The van der Waals surface area contributed by atoms with Crippen LogP contribution >= 0.6 is 15.9 Å². The average molecular weight is 362 g/mol. The zero-order valence-corrected chi connectivity index (χ0v) is 13.1. The van der Waals surface area contributed by atoms with Gasteiger partial charge in [0.2, 0.25) is 5.91 Å². The number of amidine groups is 1. The first-order valence-electron chi connectivity index (χ1n) is 6.47. The molecule has 0 bridgehead atoms. The lowest BCUT2D eigenvalue weighted by molar-refractivity contribution is -0.120. The van der Waals surface area contributed by atoms with Crippen LogP contribution in [-0.4, -0.2) is 23.4 Å². The topological polar surface area (TPSA) is 109 Å². The number of hydrogen-bond donors (Lipinski definition) is 3. The van der Waals surface area contributed by atoms with Crippen LogP contribution in [0.25, 0.3) is 0 Å². The van der Waals surface area contributed by atoms with E-state index in [0.29, 0.717) is 11.4 Å². The molecular weight excluding hydrogens is 350 g/mol. The number of carbonyl (C=O) groups excluding carboxylic acids is 2. The van der Waals surface area contributed by atoms with Gasteiger partial charge in [-0.05, 0) is 31.2 Å². The Morgan fingerprint density at radius 3 is 2.68 bits per heavy atom. The van der Waals surface area contributed by atoms with E-state index in [9.17, 15) is 9.59 Å². The summed E-state index contributed by atoms with van der Waals surface area (Å²) in [7, 11) is 0. The minimum Gasteiger partial charge on any atom is -0.385 e. The highest BCUT2D eigenvalue weighted by molar-refractivity contribution is 9.10. The molecule has 2 amide bonds. The maximum Gasteiger partial charge on any atom is 0.259 e. The Morgan fingerprint density at radius 2 is 2.00 bits per heavy atom. The molecule has 1 unspecified atom stereocenters. The van der Waals surface area contributed by atoms with Crippen molar-refractivity contribution in [1.29, 1.82) is 0 Å². The number of nitrogens with two attached hydrogens (primary N) is 1. The Morgan fingerprint density at radius 1 is 1.32 bits per heavy atom. The first-order chi connectivity index (χ1) is 10.5. The van der Waals surface area contributed by atoms with Crippen molar-refractivity contribution in [1.82, 2.24) is 5.32 Å². The highest BCUT2D eigenvalue weighted by Gasteiger charge is 2.41. The third kappa shape index (κ3) is 2.41. The lowest BCUT2D eigenvalue weighted by Crippen LogP contribution is -2.47. The lowest BCUT2D eigenvalue weighted by atomic mass is 9.90. The van der Waals surface area contributed by atoms with Gasteiger partial charge in [0.1, 0.15) is 11.8 Å². The molecule has 1 atom stereocenters. The van der Waals surface area contributed by atoms with Crippen molar-refractivity contribution >= 4 is 45.0 Å². The van der Waals surface area contributed by atoms with Crippen molar-refractivity contribution < 1.29 is 9.59 Å². The highest BCUT2D eigenvalue weighted by atomic mass is 79.9. The smallest absolute Gasteiger partial charge is 0.259 e. The predicted molar refractivity (Wildman–Crippen MR) is 86.2 cm³/mol. The molecule has 22 heavy (non-hydrogen) atoms. The number of fused-ring (bicyclic) bond motifs is 1. The van der Waals surface area contributed by atoms with Crippen molar-refractivity contribution in [2.75, 3.05) is 5.32 Å². The van der Waals surface area contributed by atoms with Gasteiger partial charge in [0.05, 0.1) is 11.3 Å². The van der Waals surface area contributed by atoms with Crippen LogP contribution in [0.1, 0.15) is 6.92 Å². The van der Waals surface area contributed by atoms with E-state index >= 15 is 0 Å². The first-order valence-corrected chi connectivity index (χ1v) is 7.26. The Bertz CT molecular complexity index is 764. The average Bonchev–Trinajstić information content (AvgIpc) is 2.83. The molecule has 2 aliphatic heterocycles. The predicted octanol–water partition coefficient (Wildman–Crippen LogP) is 1.13. The summed E-state index contributed by atoms with van der Waals surface area (Å²) in [6, 6.07) is 7.16. The summed E-state index contributed by atoms with van der Waals surface area (Å²) in [4.78, 5) is 24.5. The van der Waals surface area contributed by atoms with Crippen molar-refractivity contribution in [3.8, 4) is 0 Å². The van der Waals surface area contributed by atoms with E-state index in [1.807, 2.05) is 12.1 Å². The fourth-order valence-electron chi connectivity index (χ4n) is 2.34. The number of allylic oxidation sites excluding steroid dienone is 1. The molecule has 0 aromatic heterocycles. The number of benzene rings is 1. The summed E-state index contributed by atoms with van der Waals surface area (Å²) >= 11 is 3.33. The number of rotatable bonds is 2. The zero-order chi connectivity index (χ0) is 15.9.